The van der Waals surface area contributed by atoms with Crippen LogP contribution in [0.3, 0.4) is 0 Å². The van der Waals surface area contributed by atoms with Crippen molar-refractivity contribution in [3.8, 4) is 0 Å². The predicted octanol–water partition coefficient (Wildman–Crippen LogP) is 3.71. The quantitative estimate of drug-likeness (QED) is 0.790. The number of aromatic nitrogens is 2. The van der Waals surface area contributed by atoms with E-state index in [1.165, 1.54) is 16.7 Å². The summed E-state index contributed by atoms with van der Waals surface area (Å²) >= 11 is 0. The number of benzene rings is 1. The number of aliphatic hydroxyl groups excluding tert-OH is 1. The van der Waals surface area contributed by atoms with Gasteiger partial charge < -0.3 is 9.63 Å². The van der Waals surface area contributed by atoms with Gasteiger partial charge in [-0.15, -0.1) is 0 Å². The van der Waals surface area contributed by atoms with Crippen molar-refractivity contribution in [3.05, 3.63) is 45.6 Å². The van der Waals surface area contributed by atoms with Crippen LogP contribution < -0.4 is 0 Å². The fraction of sp³-hybridized carbons (Fsp3) is 0.600. The monoisotopic (exact) mass is 345 g/mol. The van der Waals surface area contributed by atoms with Crippen molar-refractivity contribution < 1.29 is 9.63 Å². The van der Waals surface area contributed by atoms with E-state index in [1.54, 1.807) is 0 Å². The van der Waals surface area contributed by atoms with Gasteiger partial charge in [-0.05, 0) is 61.1 Å². The van der Waals surface area contributed by atoms with E-state index in [-0.39, 0.29) is 6.61 Å². The van der Waals surface area contributed by atoms with Gasteiger partial charge in [0.25, 0.3) is 0 Å². The number of hydrogen-bond donors (Lipinski definition) is 1. The number of hydrogen-bond acceptors (Lipinski definition) is 5. The molecule has 0 aliphatic carbocycles. The molecule has 5 heteroatoms. The molecule has 0 radical (unpaired) electrons. The van der Waals surface area contributed by atoms with Crippen LogP contribution in [0.15, 0.2) is 10.6 Å². The molecule has 0 atom stereocenters. The van der Waals surface area contributed by atoms with Crippen molar-refractivity contribution in [2.75, 3.05) is 6.54 Å². The Morgan fingerprint density at radius 2 is 1.80 bits per heavy atom. The van der Waals surface area contributed by atoms with Gasteiger partial charge in [-0.1, -0.05) is 32.0 Å². The summed E-state index contributed by atoms with van der Waals surface area (Å²) in [6, 6.07) is 2.16. The normalized spacial score (nSPS) is 11.7. The van der Waals surface area contributed by atoms with Crippen LogP contribution in [0.5, 0.6) is 0 Å². The van der Waals surface area contributed by atoms with E-state index in [4.69, 9.17) is 4.52 Å². The summed E-state index contributed by atoms with van der Waals surface area (Å²) in [4.78, 5) is 6.81. The minimum Gasteiger partial charge on any atom is -0.392 e. The third kappa shape index (κ3) is 4.89. The lowest BCUT2D eigenvalue weighted by atomic mass is 9.93. The first kappa shape index (κ1) is 19.6. The van der Waals surface area contributed by atoms with Crippen molar-refractivity contribution in [2.45, 2.75) is 67.7 Å². The molecule has 25 heavy (non-hydrogen) atoms. The van der Waals surface area contributed by atoms with E-state index in [0.29, 0.717) is 18.4 Å². The van der Waals surface area contributed by atoms with Crippen LogP contribution in [0.2, 0.25) is 0 Å². The first-order valence-corrected chi connectivity index (χ1v) is 9.08. The molecule has 0 saturated carbocycles. The molecular weight excluding hydrogens is 314 g/mol. The Labute approximate surface area is 151 Å². The Morgan fingerprint density at radius 1 is 1.12 bits per heavy atom. The molecule has 1 N–H and O–H groups in total. The minimum atomic E-state index is 0.0838. The van der Waals surface area contributed by atoms with Crippen molar-refractivity contribution in [2.24, 2.45) is 5.92 Å². The highest BCUT2D eigenvalue weighted by Crippen LogP contribution is 2.24. The second kappa shape index (κ2) is 8.59. The fourth-order valence-corrected chi connectivity index (χ4v) is 3.25. The number of rotatable bonds is 8. The zero-order valence-corrected chi connectivity index (χ0v) is 16.4. The molecule has 0 saturated heterocycles. The van der Waals surface area contributed by atoms with Crippen LogP contribution >= 0.6 is 0 Å². The van der Waals surface area contributed by atoms with Gasteiger partial charge in [-0.25, -0.2) is 0 Å². The van der Waals surface area contributed by atoms with Crippen LogP contribution in [0.4, 0.5) is 0 Å². The zero-order valence-electron chi connectivity index (χ0n) is 16.4. The first-order chi connectivity index (χ1) is 11.8. The Kier molecular flexibility index (Phi) is 6.73. The predicted molar refractivity (Wildman–Crippen MR) is 99.2 cm³/mol. The number of nitrogens with zero attached hydrogens (tertiary/aromatic N) is 3. The van der Waals surface area contributed by atoms with Gasteiger partial charge in [-0.3, -0.25) is 4.90 Å². The second-order valence-electron chi connectivity index (χ2n) is 7.26. The van der Waals surface area contributed by atoms with Crippen molar-refractivity contribution in [1.82, 2.24) is 15.0 Å². The molecule has 1 aromatic carbocycles. The summed E-state index contributed by atoms with van der Waals surface area (Å²) < 4.78 is 5.35. The summed E-state index contributed by atoms with van der Waals surface area (Å²) in [7, 11) is 0. The molecule has 0 amide bonds. The van der Waals surface area contributed by atoms with Gasteiger partial charge in [0.15, 0.2) is 5.82 Å². The molecule has 2 rings (SSSR count). The van der Waals surface area contributed by atoms with E-state index in [1.807, 2.05) is 0 Å². The van der Waals surface area contributed by atoms with E-state index in [2.05, 4.69) is 62.6 Å². The third-order valence-electron chi connectivity index (χ3n) is 4.74. The molecule has 2 aromatic rings. The van der Waals surface area contributed by atoms with E-state index in [0.717, 1.165) is 36.5 Å². The van der Waals surface area contributed by atoms with Crippen molar-refractivity contribution in [1.29, 1.82) is 0 Å². The average Bonchev–Trinajstić information content (AvgIpc) is 2.96. The summed E-state index contributed by atoms with van der Waals surface area (Å²) in [6.07, 6.45) is 0.815. The maximum Gasteiger partial charge on any atom is 0.226 e. The van der Waals surface area contributed by atoms with Gasteiger partial charge in [-0.2, -0.15) is 4.98 Å². The zero-order chi connectivity index (χ0) is 18.6. The van der Waals surface area contributed by atoms with Crippen LogP contribution in [0, 0.1) is 26.7 Å². The molecule has 5 nitrogen and oxygen atoms in total. The minimum absolute atomic E-state index is 0.0838. The van der Waals surface area contributed by atoms with Crippen LogP contribution in [-0.2, 0) is 26.1 Å². The standard InChI is InChI=1S/C20H31N3O2/c1-7-23(11-19-21-20(25-22-19)8-13(2)3)10-17-14(4)9-15(5)18(12-24)16(17)6/h9,13,24H,7-8,10-12H2,1-6H3. The molecule has 0 aliphatic rings. The first-order valence-electron chi connectivity index (χ1n) is 9.08. The van der Waals surface area contributed by atoms with E-state index in [9.17, 15) is 5.11 Å². The number of aryl methyl sites for hydroxylation is 2. The summed E-state index contributed by atoms with van der Waals surface area (Å²) in [5, 5.41) is 13.8. The Morgan fingerprint density at radius 3 is 2.40 bits per heavy atom. The molecule has 1 aromatic heterocycles. The van der Waals surface area contributed by atoms with E-state index < -0.39 is 0 Å². The van der Waals surface area contributed by atoms with Crippen LogP contribution in [0.25, 0.3) is 0 Å². The maximum absolute atomic E-state index is 9.67. The second-order valence-corrected chi connectivity index (χ2v) is 7.26. The Hall–Kier alpha value is -1.72. The summed E-state index contributed by atoms with van der Waals surface area (Å²) in [6.45, 7) is 15.2. The molecule has 0 aliphatic heterocycles. The fourth-order valence-electron chi connectivity index (χ4n) is 3.25. The van der Waals surface area contributed by atoms with Crippen LogP contribution in [0.1, 0.15) is 60.3 Å². The molecule has 0 spiro atoms. The number of aliphatic hydroxyl groups is 1. The SMILES string of the molecule is CCN(Cc1noc(CC(C)C)n1)Cc1c(C)cc(C)c(CO)c1C. The summed E-state index contributed by atoms with van der Waals surface area (Å²) in [5.41, 5.74) is 5.92. The molecule has 138 valence electrons. The van der Waals surface area contributed by atoms with Crippen molar-refractivity contribution >= 4 is 0 Å². The van der Waals surface area contributed by atoms with E-state index >= 15 is 0 Å². The summed E-state index contributed by atoms with van der Waals surface area (Å²) in [5.74, 6) is 1.96. The Balaban J connectivity index is 2.16. The van der Waals surface area contributed by atoms with Gasteiger partial charge in [0.1, 0.15) is 0 Å². The topological polar surface area (TPSA) is 62.4 Å². The highest BCUT2D eigenvalue weighted by Gasteiger charge is 2.16. The molecule has 0 bridgehead atoms. The highest BCUT2D eigenvalue weighted by atomic mass is 16.5. The average molecular weight is 345 g/mol. The molecule has 0 fully saturated rings. The largest absolute Gasteiger partial charge is 0.392 e. The molecule has 1 heterocycles. The van der Waals surface area contributed by atoms with Gasteiger partial charge in [0, 0.05) is 13.0 Å². The lowest BCUT2D eigenvalue weighted by Crippen LogP contribution is -2.24. The smallest absolute Gasteiger partial charge is 0.226 e. The maximum atomic E-state index is 9.67. The highest BCUT2D eigenvalue weighted by molar-refractivity contribution is 5.44. The van der Waals surface area contributed by atoms with Gasteiger partial charge >= 0.3 is 0 Å². The molecular formula is C20H31N3O2. The third-order valence-corrected chi connectivity index (χ3v) is 4.74. The van der Waals surface area contributed by atoms with Crippen LogP contribution in [-0.4, -0.2) is 26.7 Å². The van der Waals surface area contributed by atoms with Crippen molar-refractivity contribution in [3.63, 3.8) is 0 Å². The lowest BCUT2D eigenvalue weighted by molar-refractivity contribution is 0.256. The van der Waals surface area contributed by atoms with Gasteiger partial charge in [0.05, 0.1) is 13.2 Å². The molecule has 0 unspecified atom stereocenters. The van der Waals surface area contributed by atoms with Gasteiger partial charge in [0.2, 0.25) is 5.89 Å². The lowest BCUT2D eigenvalue weighted by Gasteiger charge is -2.23. The Bertz CT molecular complexity index is 707.